The van der Waals surface area contributed by atoms with Crippen molar-refractivity contribution in [3.05, 3.63) is 94.5 Å². The minimum atomic E-state index is -4.61. The Morgan fingerprint density at radius 1 is 1.10 bits per heavy atom. The first-order valence-corrected chi connectivity index (χ1v) is 14.2. The number of carbonyl (C=O) groups is 1. The number of carbonyl (C=O) groups excluding carboxylic acids is 1. The predicted octanol–water partition coefficient (Wildman–Crippen LogP) is 5.37. The molecule has 4 aromatic rings. The van der Waals surface area contributed by atoms with Crippen LogP contribution in [0.5, 0.6) is 0 Å². The number of pyridine rings is 1. The monoisotopic (exact) mass is 596 g/mol. The van der Waals surface area contributed by atoms with Crippen molar-refractivity contribution in [3.8, 4) is 5.69 Å². The predicted molar refractivity (Wildman–Crippen MR) is 145 cm³/mol. The van der Waals surface area contributed by atoms with E-state index in [1.54, 1.807) is 23.0 Å². The second kappa shape index (κ2) is 10.2. The second-order valence-corrected chi connectivity index (χ2v) is 11.7. The highest BCUT2D eigenvalue weighted by atomic mass is 32.2. The number of ketones is 1. The summed E-state index contributed by atoms with van der Waals surface area (Å²) < 4.78 is 65.5. The molecule has 3 aliphatic rings. The van der Waals surface area contributed by atoms with Crippen LogP contribution in [-0.2, 0) is 30.5 Å². The Labute approximate surface area is 242 Å². The molecule has 0 saturated carbocycles. The van der Waals surface area contributed by atoms with Crippen molar-refractivity contribution in [2.75, 3.05) is 19.7 Å². The van der Waals surface area contributed by atoms with E-state index in [2.05, 4.69) is 15.2 Å². The summed E-state index contributed by atoms with van der Waals surface area (Å²) in [5.41, 5.74) is 1.66. The smallest absolute Gasteiger partial charge is 0.373 e. The molecule has 1 atom stereocenters. The van der Waals surface area contributed by atoms with E-state index < -0.39 is 22.9 Å². The van der Waals surface area contributed by atoms with Crippen LogP contribution in [0.15, 0.2) is 65.5 Å². The Morgan fingerprint density at radius 3 is 2.71 bits per heavy atom. The Bertz CT molecular complexity index is 1690. The van der Waals surface area contributed by atoms with Gasteiger partial charge in [0.05, 0.1) is 54.0 Å². The van der Waals surface area contributed by atoms with E-state index >= 15 is 0 Å². The molecule has 0 unspecified atom stereocenters. The van der Waals surface area contributed by atoms with Crippen molar-refractivity contribution in [1.29, 1.82) is 0 Å². The van der Waals surface area contributed by atoms with E-state index in [1.165, 1.54) is 24.1 Å². The topological polar surface area (TPSA) is 78.1 Å². The molecule has 0 amide bonds. The first kappa shape index (κ1) is 27.0. The van der Waals surface area contributed by atoms with E-state index in [4.69, 9.17) is 4.74 Å². The summed E-state index contributed by atoms with van der Waals surface area (Å²) in [7, 11) is 0. The Hall–Kier alpha value is -3.81. The molecule has 2 aliphatic heterocycles. The molecule has 42 heavy (non-hydrogen) atoms. The van der Waals surface area contributed by atoms with Gasteiger partial charge in [-0.05, 0) is 78.9 Å². The molecule has 3 aromatic heterocycles. The van der Waals surface area contributed by atoms with Crippen molar-refractivity contribution >= 4 is 23.8 Å². The fourth-order valence-corrected chi connectivity index (χ4v) is 6.96. The van der Waals surface area contributed by atoms with Gasteiger partial charge < -0.3 is 4.74 Å². The maximum absolute atomic E-state index is 14.3. The van der Waals surface area contributed by atoms with Gasteiger partial charge in [0, 0.05) is 19.3 Å². The van der Waals surface area contributed by atoms with Crippen molar-refractivity contribution in [3.63, 3.8) is 0 Å². The van der Waals surface area contributed by atoms with E-state index in [-0.39, 0.29) is 24.5 Å². The quantitative estimate of drug-likeness (QED) is 0.174. The van der Waals surface area contributed by atoms with Gasteiger partial charge in [-0.1, -0.05) is 5.57 Å². The summed E-state index contributed by atoms with van der Waals surface area (Å²) in [6.45, 7) is 2.57. The minimum Gasteiger partial charge on any atom is -0.373 e. The maximum atomic E-state index is 14.3. The Kier molecular flexibility index (Phi) is 6.55. The van der Waals surface area contributed by atoms with Gasteiger partial charge in [-0.25, -0.2) is 13.4 Å². The van der Waals surface area contributed by atoms with Crippen LogP contribution in [0.2, 0.25) is 0 Å². The molecule has 1 aromatic carbocycles. The van der Waals surface area contributed by atoms with Gasteiger partial charge >= 0.3 is 6.18 Å². The molecule has 0 N–H and O–H groups in total. The molecular formula is C29H24F4N6O2S. The van der Waals surface area contributed by atoms with Crippen LogP contribution < -0.4 is 0 Å². The Morgan fingerprint density at radius 2 is 1.93 bits per heavy atom. The lowest BCUT2D eigenvalue weighted by Gasteiger charge is -2.44. The molecule has 216 valence electrons. The zero-order valence-electron chi connectivity index (χ0n) is 22.1. The maximum Gasteiger partial charge on any atom is 0.416 e. The molecule has 1 aliphatic carbocycles. The third-order valence-electron chi connectivity index (χ3n) is 7.97. The van der Waals surface area contributed by atoms with Crippen LogP contribution in [0, 0.1) is 11.2 Å². The summed E-state index contributed by atoms with van der Waals surface area (Å²) >= 11 is 1.43. The van der Waals surface area contributed by atoms with Gasteiger partial charge in [0.2, 0.25) is 0 Å². The lowest BCUT2D eigenvalue weighted by atomic mass is 9.65. The highest BCUT2D eigenvalue weighted by Gasteiger charge is 2.50. The molecule has 13 heteroatoms. The number of halogens is 4. The van der Waals surface area contributed by atoms with Crippen LogP contribution in [-0.4, -0.2) is 54.3 Å². The van der Waals surface area contributed by atoms with Crippen LogP contribution in [0.25, 0.3) is 11.8 Å². The standard InChI is InChI=1S/C29H24F4N6O2S/c30-21-1-3-22(4-2-21)39-25-12-19-6-8-37(42-26-13-23-16-41-10-9-38(23)36-26)17-28(19,14-18(25)15-35-39)27(40)24-11-20(5-7-34-24)29(31,32)33/h1-5,7,11-13,15H,6,8-10,14,16-17H2/t28-/m0/s1. The zero-order chi connectivity index (χ0) is 29.1. The molecule has 0 bridgehead atoms. The van der Waals surface area contributed by atoms with Crippen LogP contribution in [0.3, 0.4) is 0 Å². The number of rotatable bonds is 5. The molecule has 7 rings (SSSR count). The van der Waals surface area contributed by atoms with E-state index in [9.17, 15) is 22.4 Å². The summed E-state index contributed by atoms with van der Waals surface area (Å²) in [5, 5.41) is 9.96. The molecule has 1 saturated heterocycles. The van der Waals surface area contributed by atoms with Crippen LogP contribution in [0.1, 0.15) is 39.4 Å². The summed E-state index contributed by atoms with van der Waals surface area (Å²) in [4.78, 5) is 18.4. The lowest BCUT2D eigenvalue weighted by Crippen LogP contribution is -2.49. The molecule has 8 nitrogen and oxygen atoms in total. The first-order chi connectivity index (χ1) is 20.2. The summed E-state index contributed by atoms with van der Waals surface area (Å²) in [6.07, 6.45) is 0.733. The van der Waals surface area contributed by atoms with Gasteiger partial charge in [-0.2, -0.15) is 23.4 Å². The molecule has 0 radical (unpaired) electrons. The number of piperidine rings is 1. The number of hydrogen-bond donors (Lipinski definition) is 0. The minimum absolute atomic E-state index is 0.230. The molecule has 0 spiro atoms. The van der Waals surface area contributed by atoms with Gasteiger partial charge in [-0.15, -0.1) is 0 Å². The number of nitrogens with zero attached hydrogens (tertiary/aromatic N) is 6. The average Bonchev–Trinajstić information content (AvgIpc) is 3.58. The SMILES string of the molecule is O=C(c1cc(C(F)(F)F)ccn1)[C@]12Cc3cnn(-c4ccc(F)cc4)c3C=C1CCN(Sc1cc3n(n1)CCOC3)C2. The molecule has 5 heterocycles. The van der Waals surface area contributed by atoms with E-state index in [0.29, 0.717) is 38.4 Å². The highest BCUT2D eigenvalue weighted by Crippen LogP contribution is 2.48. The van der Waals surface area contributed by atoms with E-state index in [1.807, 2.05) is 21.1 Å². The van der Waals surface area contributed by atoms with Crippen LogP contribution >= 0.6 is 11.9 Å². The van der Waals surface area contributed by atoms with Crippen molar-refractivity contribution < 1.29 is 27.1 Å². The number of hydrogen-bond acceptors (Lipinski definition) is 7. The fourth-order valence-electron chi connectivity index (χ4n) is 5.90. The largest absolute Gasteiger partial charge is 0.416 e. The van der Waals surface area contributed by atoms with Crippen molar-refractivity contribution in [1.82, 2.24) is 28.9 Å². The number of alkyl halides is 3. The number of aromatic nitrogens is 5. The Balaban J connectivity index is 1.27. The van der Waals surface area contributed by atoms with Gasteiger partial charge in [-0.3, -0.25) is 14.5 Å². The summed E-state index contributed by atoms with van der Waals surface area (Å²) in [5.74, 6) is -0.838. The van der Waals surface area contributed by atoms with Crippen molar-refractivity contribution in [2.45, 2.75) is 37.2 Å². The number of ether oxygens (including phenoxy) is 1. The number of Topliss-reactive ketones (excluding diaryl/α,β-unsaturated/α-hetero) is 1. The number of fused-ring (bicyclic) bond motifs is 3. The fraction of sp³-hybridized carbons (Fsp3) is 0.310. The van der Waals surface area contributed by atoms with E-state index in [0.717, 1.165) is 45.9 Å². The normalized spacial score (nSPS) is 20.4. The third-order valence-corrected chi connectivity index (χ3v) is 8.92. The third kappa shape index (κ3) is 4.74. The van der Waals surface area contributed by atoms with Crippen LogP contribution in [0.4, 0.5) is 17.6 Å². The van der Waals surface area contributed by atoms with Gasteiger partial charge in [0.1, 0.15) is 16.5 Å². The molecular weight excluding hydrogens is 572 g/mol. The average molecular weight is 597 g/mol. The highest BCUT2D eigenvalue weighted by molar-refractivity contribution is 7.97. The summed E-state index contributed by atoms with van der Waals surface area (Å²) in [6, 6.07) is 9.60. The number of benzene rings is 1. The van der Waals surface area contributed by atoms with Gasteiger partial charge in [0.25, 0.3) is 0 Å². The van der Waals surface area contributed by atoms with Crippen molar-refractivity contribution in [2.24, 2.45) is 5.41 Å². The lowest BCUT2D eigenvalue weighted by molar-refractivity contribution is -0.137. The second-order valence-electron chi connectivity index (χ2n) is 10.6. The zero-order valence-corrected chi connectivity index (χ0v) is 23.0. The van der Waals surface area contributed by atoms with Gasteiger partial charge in [0.15, 0.2) is 5.78 Å². The first-order valence-electron chi connectivity index (χ1n) is 13.4. The molecule has 1 fully saturated rings.